The van der Waals surface area contributed by atoms with E-state index < -0.39 is 19.5 Å². The first-order valence-electron chi connectivity index (χ1n) is 6.30. The highest BCUT2D eigenvalue weighted by Gasteiger charge is 2.35. The summed E-state index contributed by atoms with van der Waals surface area (Å²) < 4.78 is -2.97. The van der Waals surface area contributed by atoms with Crippen LogP contribution in [0.2, 0.25) is 0 Å². The number of aliphatic hydroxyl groups is 1. The van der Waals surface area contributed by atoms with Gasteiger partial charge < -0.3 is 10.0 Å². The Hall–Kier alpha value is 1.17. The van der Waals surface area contributed by atoms with Crippen molar-refractivity contribution in [2.75, 3.05) is 13.7 Å². The van der Waals surface area contributed by atoms with Crippen LogP contribution in [0.4, 0.5) is 0 Å². The summed E-state index contributed by atoms with van der Waals surface area (Å²) in [5, 5.41) is 9.45. The smallest absolute Gasteiger partial charge is 0.223 e. The van der Waals surface area contributed by atoms with Crippen molar-refractivity contribution in [2.24, 2.45) is 11.8 Å². The molecule has 21 heavy (non-hydrogen) atoms. The maximum Gasteiger partial charge on any atom is 0.223 e. The third kappa shape index (κ3) is 8.01. The van der Waals surface area contributed by atoms with E-state index in [4.69, 9.17) is 69.6 Å². The maximum atomic E-state index is 12.2. The second kappa shape index (κ2) is 8.86. The van der Waals surface area contributed by atoms with E-state index in [0.717, 1.165) is 0 Å². The first-order valence-corrected chi connectivity index (χ1v) is 8.57. The van der Waals surface area contributed by atoms with Gasteiger partial charge >= 0.3 is 0 Å². The van der Waals surface area contributed by atoms with Crippen molar-refractivity contribution >= 4 is 75.5 Å². The quantitative estimate of drug-likeness (QED) is 0.637. The third-order valence-electron chi connectivity index (χ3n) is 3.38. The van der Waals surface area contributed by atoms with Gasteiger partial charge in [-0.2, -0.15) is 0 Å². The minimum Gasteiger partial charge on any atom is -0.394 e. The van der Waals surface area contributed by atoms with E-state index in [1.165, 1.54) is 4.90 Å². The summed E-state index contributed by atoms with van der Waals surface area (Å²) in [4.78, 5) is 13.6. The van der Waals surface area contributed by atoms with Crippen LogP contribution in [0.3, 0.4) is 0 Å². The number of aliphatic hydroxyl groups excluding tert-OH is 1. The average Bonchev–Trinajstić information content (AvgIpc) is 2.32. The molecule has 9 heteroatoms. The van der Waals surface area contributed by atoms with Crippen LogP contribution < -0.4 is 0 Å². The summed E-state index contributed by atoms with van der Waals surface area (Å²) in [6, 6.07) is -0.467. The van der Waals surface area contributed by atoms with Crippen molar-refractivity contribution in [3.05, 3.63) is 0 Å². The number of halogens is 6. The van der Waals surface area contributed by atoms with E-state index in [1.54, 1.807) is 20.9 Å². The molecule has 0 unspecified atom stereocenters. The lowest BCUT2D eigenvalue weighted by Crippen LogP contribution is -2.42. The maximum absolute atomic E-state index is 12.2. The van der Waals surface area contributed by atoms with Gasteiger partial charge in [-0.15, -0.1) is 0 Å². The fourth-order valence-corrected chi connectivity index (χ4v) is 2.12. The van der Waals surface area contributed by atoms with Gasteiger partial charge in [0.25, 0.3) is 0 Å². The van der Waals surface area contributed by atoms with E-state index in [-0.39, 0.29) is 24.9 Å². The van der Waals surface area contributed by atoms with Crippen LogP contribution in [0.25, 0.3) is 0 Å². The number of carbonyl (C=O) groups is 1. The normalized spacial score (nSPS) is 17.2. The molecule has 3 atom stereocenters. The van der Waals surface area contributed by atoms with Crippen molar-refractivity contribution in [3.8, 4) is 0 Å². The predicted molar refractivity (Wildman–Crippen MR) is 91.8 cm³/mol. The molecule has 0 radical (unpaired) electrons. The highest BCUT2D eigenvalue weighted by Crippen LogP contribution is 2.39. The Morgan fingerprint density at radius 1 is 1.05 bits per heavy atom. The lowest BCUT2D eigenvalue weighted by atomic mass is 10.0. The Labute approximate surface area is 155 Å². The number of alkyl halides is 6. The molecule has 0 rings (SSSR count). The molecule has 0 fully saturated rings. The molecule has 0 saturated carbocycles. The van der Waals surface area contributed by atoms with Gasteiger partial charge in [0, 0.05) is 25.3 Å². The molecular formula is C12H19Cl6NO2. The number of hydrogen-bond donors (Lipinski definition) is 1. The second-order valence-electron chi connectivity index (χ2n) is 5.17. The number of likely N-dealkylation sites (N-methyl/N-ethyl adjacent to an activating group) is 1. The van der Waals surface area contributed by atoms with Crippen LogP contribution in [0.5, 0.6) is 0 Å². The number of carbonyl (C=O) groups excluding carboxylic acids is 1. The number of rotatable bonds is 6. The van der Waals surface area contributed by atoms with Crippen LogP contribution in [0.15, 0.2) is 0 Å². The molecule has 1 amide bonds. The molecule has 0 spiro atoms. The van der Waals surface area contributed by atoms with Gasteiger partial charge in [-0.25, -0.2) is 0 Å². The summed E-state index contributed by atoms with van der Waals surface area (Å²) >= 11 is 34.7. The van der Waals surface area contributed by atoms with Gasteiger partial charge in [-0.05, 0) is 6.42 Å². The molecule has 0 aromatic rings. The molecule has 0 aliphatic rings. The van der Waals surface area contributed by atoms with E-state index >= 15 is 0 Å². The molecule has 3 nitrogen and oxygen atoms in total. The van der Waals surface area contributed by atoms with Crippen LogP contribution in [-0.2, 0) is 4.79 Å². The first kappa shape index (κ1) is 22.2. The first-order chi connectivity index (χ1) is 9.30. The molecule has 0 aliphatic heterocycles. The zero-order valence-electron chi connectivity index (χ0n) is 11.9. The minimum atomic E-state index is -1.52. The van der Waals surface area contributed by atoms with Crippen molar-refractivity contribution < 1.29 is 9.90 Å². The summed E-state index contributed by atoms with van der Waals surface area (Å²) in [5.41, 5.74) is 0. The molecule has 0 aliphatic carbocycles. The monoisotopic (exact) mass is 419 g/mol. The highest BCUT2D eigenvalue weighted by atomic mass is 35.6. The molecule has 0 bridgehead atoms. The van der Waals surface area contributed by atoms with Gasteiger partial charge in [0.1, 0.15) is 0 Å². The van der Waals surface area contributed by atoms with Crippen LogP contribution in [-0.4, -0.2) is 43.2 Å². The topological polar surface area (TPSA) is 40.5 Å². The Bertz CT molecular complexity index is 342. The molecule has 0 heterocycles. The average molecular weight is 422 g/mol. The van der Waals surface area contributed by atoms with Gasteiger partial charge in [0.2, 0.25) is 5.91 Å². The van der Waals surface area contributed by atoms with E-state index in [0.29, 0.717) is 6.42 Å². The number of nitrogens with zero attached hydrogens (tertiary/aromatic N) is 1. The molecule has 1 N–H and O–H groups in total. The molecule has 0 saturated heterocycles. The Morgan fingerprint density at radius 2 is 1.48 bits per heavy atom. The summed E-state index contributed by atoms with van der Waals surface area (Å²) in [7, 11) is 1.57. The number of hydrogen-bond acceptors (Lipinski definition) is 2. The SMILES string of the molecule is C[C@@H](CC(=O)N(C)[C@H](CO)C[C@H](C)C(Cl)(Cl)Cl)C(Cl)(Cl)Cl. The minimum absolute atomic E-state index is 0.0473. The standard InChI is InChI=1S/C12H19Cl6NO2/c1-7(11(13,14)15)4-9(6-20)19(3)10(21)5-8(2)12(16,17)18/h7-9,20H,4-6H2,1-3H3/t7-,8-,9-/m0/s1. The van der Waals surface area contributed by atoms with E-state index in [1.807, 2.05) is 0 Å². The van der Waals surface area contributed by atoms with E-state index in [2.05, 4.69) is 0 Å². The Kier molecular flexibility index (Phi) is 9.36. The van der Waals surface area contributed by atoms with Gasteiger partial charge in [-0.3, -0.25) is 4.79 Å². The lowest BCUT2D eigenvalue weighted by Gasteiger charge is -2.32. The van der Waals surface area contributed by atoms with Gasteiger partial charge in [0.15, 0.2) is 7.59 Å². The van der Waals surface area contributed by atoms with Gasteiger partial charge in [-0.1, -0.05) is 83.5 Å². The Balaban J connectivity index is 4.71. The van der Waals surface area contributed by atoms with Crippen LogP contribution >= 0.6 is 69.6 Å². The lowest BCUT2D eigenvalue weighted by molar-refractivity contribution is -0.134. The van der Waals surface area contributed by atoms with Crippen molar-refractivity contribution in [3.63, 3.8) is 0 Å². The summed E-state index contributed by atoms with van der Waals surface area (Å²) in [5.74, 6) is -1.03. The molecule has 126 valence electrons. The Morgan fingerprint density at radius 3 is 1.81 bits per heavy atom. The van der Waals surface area contributed by atoms with E-state index in [9.17, 15) is 9.90 Å². The molecule has 0 aromatic heterocycles. The second-order valence-corrected chi connectivity index (χ2v) is 9.90. The number of amides is 1. The third-order valence-corrected chi connectivity index (χ3v) is 5.61. The zero-order chi connectivity index (χ0) is 17.0. The fraction of sp³-hybridized carbons (Fsp3) is 0.917. The summed E-state index contributed by atoms with van der Waals surface area (Å²) in [6.07, 6.45) is 0.392. The van der Waals surface area contributed by atoms with Crippen molar-refractivity contribution in [1.82, 2.24) is 4.90 Å². The van der Waals surface area contributed by atoms with Crippen molar-refractivity contribution in [2.45, 2.75) is 40.3 Å². The largest absolute Gasteiger partial charge is 0.394 e. The van der Waals surface area contributed by atoms with Gasteiger partial charge in [0.05, 0.1) is 12.6 Å². The zero-order valence-corrected chi connectivity index (χ0v) is 16.5. The van der Waals surface area contributed by atoms with Crippen LogP contribution in [0, 0.1) is 11.8 Å². The fourth-order valence-electron chi connectivity index (χ4n) is 1.62. The van der Waals surface area contributed by atoms with Crippen LogP contribution in [0.1, 0.15) is 26.7 Å². The molecular weight excluding hydrogens is 403 g/mol. The highest BCUT2D eigenvalue weighted by molar-refractivity contribution is 6.68. The predicted octanol–water partition coefficient (Wildman–Crippen LogP) is 4.60. The summed E-state index contributed by atoms with van der Waals surface area (Å²) in [6.45, 7) is 3.16. The van der Waals surface area contributed by atoms with Crippen molar-refractivity contribution in [1.29, 1.82) is 0 Å². The molecule has 0 aromatic carbocycles.